The number of hydrogen-bond donors (Lipinski definition) is 2. The summed E-state index contributed by atoms with van der Waals surface area (Å²) in [4.78, 5) is 0. The van der Waals surface area contributed by atoms with E-state index in [9.17, 15) is 5.11 Å². The molecule has 1 aliphatic heterocycles. The first kappa shape index (κ1) is 10.0. The number of rotatable bonds is 3. The monoisotopic (exact) mass is 171 g/mol. The summed E-state index contributed by atoms with van der Waals surface area (Å²) in [5.41, 5.74) is 0.248. The lowest BCUT2D eigenvalue weighted by atomic mass is 9.78. The molecule has 0 aromatic carbocycles. The van der Waals surface area contributed by atoms with Crippen molar-refractivity contribution < 1.29 is 5.11 Å². The van der Waals surface area contributed by atoms with Gasteiger partial charge in [-0.15, -0.1) is 0 Å². The van der Waals surface area contributed by atoms with Crippen LogP contribution in [0.15, 0.2) is 0 Å². The summed E-state index contributed by atoms with van der Waals surface area (Å²) in [5, 5.41) is 12.8. The van der Waals surface area contributed by atoms with Crippen molar-refractivity contribution in [2.24, 2.45) is 5.41 Å². The van der Waals surface area contributed by atoms with Gasteiger partial charge in [0, 0.05) is 6.61 Å². The standard InChI is InChI=1S/C10H21NO/c1-2-4-10(9-12)5-3-7-11-8-6-10/h11-12H,2-9H2,1H3. The van der Waals surface area contributed by atoms with Crippen molar-refractivity contribution in [1.29, 1.82) is 0 Å². The molecular weight excluding hydrogens is 150 g/mol. The lowest BCUT2D eigenvalue weighted by Gasteiger charge is -2.29. The Hall–Kier alpha value is -0.0800. The quantitative estimate of drug-likeness (QED) is 0.675. The van der Waals surface area contributed by atoms with E-state index in [1.165, 1.54) is 25.7 Å². The van der Waals surface area contributed by atoms with Gasteiger partial charge in [-0.3, -0.25) is 0 Å². The molecule has 1 rings (SSSR count). The number of nitrogens with one attached hydrogen (secondary N) is 1. The molecule has 0 amide bonds. The van der Waals surface area contributed by atoms with Crippen LogP contribution in [0.2, 0.25) is 0 Å². The van der Waals surface area contributed by atoms with E-state index in [0.29, 0.717) is 6.61 Å². The highest BCUT2D eigenvalue weighted by molar-refractivity contribution is 4.81. The zero-order chi connectivity index (χ0) is 8.86. The van der Waals surface area contributed by atoms with Crippen molar-refractivity contribution in [3.63, 3.8) is 0 Å². The Labute approximate surface area is 75.4 Å². The van der Waals surface area contributed by atoms with E-state index >= 15 is 0 Å². The molecule has 0 aliphatic carbocycles. The molecule has 1 aliphatic rings. The van der Waals surface area contributed by atoms with Gasteiger partial charge in [0.05, 0.1) is 0 Å². The zero-order valence-corrected chi connectivity index (χ0v) is 8.10. The summed E-state index contributed by atoms with van der Waals surface area (Å²) in [5.74, 6) is 0. The molecule has 12 heavy (non-hydrogen) atoms. The topological polar surface area (TPSA) is 32.3 Å². The SMILES string of the molecule is CCCC1(CO)CCCNCC1. The van der Waals surface area contributed by atoms with Gasteiger partial charge in [0.1, 0.15) is 0 Å². The highest BCUT2D eigenvalue weighted by Gasteiger charge is 2.28. The van der Waals surface area contributed by atoms with Gasteiger partial charge in [-0.25, -0.2) is 0 Å². The Morgan fingerprint density at radius 1 is 1.33 bits per heavy atom. The van der Waals surface area contributed by atoms with Gasteiger partial charge >= 0.3 is 0 Å². The number of hydrogen-bond acceptors (Lipinski definition) is 2. The molecule has 0 bridgehead atoms. The first-order valence-electron chi connectivity index (χ1n) is 5.14. The van der Waals surface area contributed by atoms with E-state index in [1.54, 1.807) is 0 Å². The largest absolute Gasteiger partial charge is 0.396 e. The first-order valence-corrected chi connectivity index (χ1v) is 5.14. The highest BCUT2D eigenvalue weighted by atomic mass is 16.3. The van der Waals surface area contributed by atoms with Crippen LogP contribution in [-0.4, -0.2) is 24.8 Å². The van der Waals surface area contributed by atoms with Crippen LogP contribution in [0.5, 0.6) is 0 Å². The fourth-order valence-corrected chi connectivity index (χ4v) is 2.21. The van der Waals surface area contributed by atoms with Crippen LogP contribution in [0, 0.1) is 5.41 Å². The second kappa shape index (κ2) is 4.83. The Kier molecular flexibility index (Phi) is 4.02. The predicted molar refractivity (Wildman–Crippen MR) is 51.1 cm³/mol. The molecule has 1 atom stereocenters. The van der Waals surface area contributed by atoms with Crippen LogP contribution in [0.1, 0.15) is 39.0 Å². The summed E-state index contributed by atoms with van der Waals surface area (Å²) < 4.78 is 0. The van der Waals surface area contributed by atoms with Gasteiger partial charge < -0.3 is 10.4 Å². The van der Waals surface area contributed by atoms with Crippen molar-refractivity contribution in [1.82, 2.24) is 5.32 Å². The molecule has 72 valence electrons. The lowest BCUT2D eigenvalue weighted by molar-refractivity contribution is 0.0999. The minimum absolute atomic E-state index is 0.248. The highest BCUT2D eigenvalue weighted by Crippen LogP contribution is 2.33. The minimum Gasteiger partial charge on any atom is -0.396 e. The van der Waals surface area contributed by atoms with Crippen LogP contribution in [0.4, 0.5) is 0 Å². The lowest BCUT2D eigenvalue weighted by Crippen LogP contribution is -2.26. The summed E-state index contributed by atoms with van der Waals surface area (Å²) in [6.07, 6.45) is 5.95. The molecule has 1 fully saturated rings. The second-order valence-corrected chi connectivity index (χ2v) is 4.01. The number of aliphatic hydroxyl groups excluding tert-OH is 1. The van der Waals surface area contributed by atoms with Crippen LogP contribution in [0.25, 0.3) is 0 Å². The fraction of sp³-hybridized carbons (Fsp3) is 1.00. The smallest absolute Gasteiger partial charge is 0.0487 e. The molecule has 2 heteroatoms. The summed E-state index contributed by atoms with van der Waals surface area (Å²) in [6.45, 7) is 4.80. The van der Waals surface area contributed by atoms with E-state index in [4.69, 9.17) is 0 Å². The average molecular weight is 171 g/mol. The first-order chi connectivity index (χ1) is 5.83. The molecule has 1 heterocycles. The Bertz CT molecular complexity index is 117. The maximum atomic E-state index is 9.37. The Morgan fingerprint density at radius 3 is 2.83 bits per heavy atom. The zero-order valence-electron chi connectivity index (χ0n) is 8.10. The molecule has 0 aromatic heterocycles. The van der Waals surface area contributed by atoms with Gasteiger partial charge in [-0.1, -0.05) is 13.3 Å². The van der Waals surface area contributed by atoms with Crippen molar-refractivity contribution in [2.75, 3.05) is 19.7 Å². The number of aliphatic hydroxyl groups is 1. The summed E-state index contributed by atoms with van der Waals surface area (Å²) in [6, 6.07) is 0. The molecule has 1 unspecified atom stereocenters. The maximum absolute atomic E-state index is 9.37. The van der Waals surface area contributed by atoms with E-state index in [-0.39, 0.29) is 5.41 Å². The van der Waals surface area contributed by atoms with Crippen molar-refractivity contribution in [3.05, 3.63) is 0 Å². The van der Waals surface area contributed by atoms with Crippen molar-refractivity contribution in [2.45, 2.75) is 39.0 Å². The Balaban J connectivity index is 2.48. The second-order valence-electron chi connectivity index (χ2n) is 4.01. The van der Waals surface area contributed by atoms with E-state index in [1.807, 2.05) is 0 Å². The van der Waals surface area contributed by atoms with E-state index in [0.717, 1.165) is 19.5 Å². The third-order valence-corrected chi connectivity index (χ3v) is 3.01. The van der Waals surface area contributed by atoms with Crippen LogP contribution >= 0.6 is 0 Å². The molecule has 0 saturated carbocycles. The molecule has 0 spiro atoms. The summed E-state index contributed by atoms with van der Waals surface area (Å²) in [7, 11) is 0. The van der Waals surface area contributed by atoms with Gasteiger partial charge in [0.15, 0.2) is 0 Å². The van der Waals surface area contributed by atoms with E-state index in [2.05, 4.69) is 12.2 Å². The average Bonchev–Trinajstić information content (AvgIpc) is 2.32. The fourth-order valence-electron chi connectivity index (χ4n) is 2.21. The third-order valence-electron chi connectivity index (χ3n) is 3.01. The maximum Gasteiger partial charge on any atom is 0.0487 e. The van der Waals surface area contributed by atoms with Gasteiger partial charge in [-0.2, -0.15) is 0 Å². The van der Waals surface area contributed by atoms with Gasteiger partial charge in [-0.05, 0) is 44.2 Å². The van der Waals surface area contributed by atoms with Crippen molar-refractivity contribution >= 4 is 0 Å². The normalized spacial score (nSPS) is 31.5. The van der Waals surface area contributed by atoms with E-state index < -0.39 is 0 Å². The predicted octanol–water partition coefficient (Wildman–Crippen LogP) is 1.54. The molecule has 0 radical (unpaired) electrons. The van der Waals surface area contributed by atoms with Crippen LogP contribution in [0.3, 0.4) is 0 Å². The van der Waals surface area contributed by atoms with Crippen molar-refractivity contribution in [3.8, 4) is 0 Å². The Morgan fingerprint density at radius 2 is 2.17 bits per heavy atom. The van der Waals surface area contributed by atoms with Gasteiger partial charge in [0.25, 0.3) is 0 Å². The molecule has 2 N–H and O–H groups in total. The van der Waals surface area contributed by atoms with Gasteiger partial charge in [0.2, 0.25) is 0 Å². The molecule has 0 aromatic rings. The summed E-state index contributed by atoms with van der Waals surface area (Å²) >= 11 is 0. The minimum atomic E-state index is 0.248. The molecular formula is C10H21NO. The third kappa shape index (κ3) is 2.46. The molecule has 2 nitrogen and oxygen atoms in total. The molecule has 1 saturated heterocycles. The van der Waals surface area contributed by atoms with Crippen LogP contribution < -0.4 is 5.32 Å². The van der Waals surface area contributed by atoms with Crippen LogP contribution in [-0.2, 0) is 0 Å².